The summed E-state index contributed by atoms with van der Waals surface area (Å²) in [7, 11) is 1.98. The molecule has 17 heavy (non-hydrogen) atoms. The van der Waals surface area contributed by atoms with E-state index in [2.05, 4.69) is 18.4 Å². The number of allylic oxidation sites excluding steroid dienone is 1. The highest BCUT2D eigenvalue weighted by Gasteiger charge is 1.93. The second-order valence-corrected chi connectivity index (χ2v) is 4.89. The summed E-state index contributed by atoms with van der Waals surface area (Å²) in [6.07, 6.45) is 18.5. The Morgan fingerprint density at radius 3 is 1.53 bits per heavy atom. The lowest BCUT2D eigenvalue weighted by atomic mass is 10.1. The third-order valence-electron chi connectivity index (χ3n) is 3.21. The molecule has 0 aliphatic rings. The van der Waals surface area contributed by atoms with Crippen LogP contribution in [0.3, 0.4) is 0 Å². The van der Waals surface area contributed by atoms with Gasteiger partial charge in [0.1, 0.15) is 0 Å². The topological polar surface area (TPSA) is 12.0 Å². The zero-order valence-electron chi connectivity index (χ0n) is 11.8. The molecule has 1 N–H and O–H groups in total. The first-order chi connectivity index (χ1) is 8.41. The van der Waals surface area contributed by atoms with Crippen molar-refractivity contribution in [2.45, 2.75) is 77.0 Å². The molecule has 0 heterocycles. The van der Waals surface area contributed by atoms with Crippen LogP contribution in [0, 0.1) is 6.54 Å². The zero-order valence-corrected chi connectivity index (χ0v) is 11.8. The molecule has 0 amide bonds. The predicted octanol–water partition coefficient (Wildman–Crippen LogP) is 5.23. The van der Waals surface area contributed by atoms with Crippen LogP contribution in [-0.4, -0.2) is 7.05 Å². The van der Waals surface area contributed by atoms with E-state index in [1.54, 1.807) is 0 Å². The third kappa shape index (κ3) is 15.7. The molecule has 0 fully saturated rings. The van der Waals surface area contributed by atoms with Crippen molar-refractivity contribution in [2.24, 2.45) is 0 Å². The first kappa shape index (κ1) is 16.7. The van der Waals surface area contributed by atoms with Crippen molar-refractivity contribution in [2.75, 3.05) is 7.05 Å². The van der Waals surface area contributed by atoms with Gasteiger partial charge in [0.25, 0.3) is 0 Å². The predicted molar refractivity (Wildman–Crippen MR) is 79.0 cm³/mol. The van der Waals surface area contributed by atoms with E-state index in [-0.39, 0.29) is 0 Å². The van der Waals surface area contributed by atoms with Gasteiger partial charge in [-0.05, 0) is 26.3 Å². The van der Waals surface area contributed by atoms with Gasteiger partial charge in [-0.3, -0.25) is 0 Å². The van der Waals surface area contributed by atoms with Gasteiger partial charge in [0, 0.05) is 6.54 Å². The highest BCUT2D eigenvalue weighted by atomic mass is 14.8. The smallest absolute Gasteiger partial charge is 0.0218 e. The minimum absolute atomic E-state index is 1.20. The van der Waals surface area contributed by atoms with Crippen molar-refractivity contribution in [3.63, 3.8) is 0 Å². The summed E-state index contributed by atoms with van der Waals surface area (Å²) >= 11 is 0. The van der Waals surface area contributed by atoms with Gasteiger partial charge in [0.05, 0.1) is 0 Å². The van der Waals surface area contributed by atoms with E-state index in [4.69, 9.17) is 0 Å². The molecule has 1 nitrogen and oxygen atoms in total. The third-order valence-corrected chi connectivity index (χ3v) is 3.21. The molecule has 0 atom stereocenters. The molecule has 101 valence electrons. The second-order valence-electron chi connectivity index (χ2n) is 4.89. The van der Waals surface area contributed by atoms with Crippen LogP contribution in [-0.2, 0) is 0 Å². The van der Waals surface area contributed by atoms with Gasteiger partial charge in [-0.25, -0.2) is 0 Å². The molecule has 0 aliphatic carbocycles. The summed E-state index contributed by atoms with van der Waals surface area (Å²) in [4.78, 5) is 0. The van der Waals surface area contributed by atoms with Crippen molar-refractivity contribution < 1.29 is 0 Å². The van der Waals surface area contributed by atoms with Crippen molar-refractivity contribution >= 4 is 0 Å². The molecule has 0 aliphatic heterocycles. The fraction of sp³-hybridized carbons (Fsp3) is 0.812. The van der Waals surface area contributed by atoms with Gasteiger partial charge >= 0.3 is 0 Å². The SMILES string of the molecule is C=CCCCCCCCCCCCC[CH]NC. The molecule has 0 unspecified atom stereocenters. The van der Waals surface area contributed by atoms with Crippen molar-refractivity contribution in [3.8, 4) is 0 Å². The van der Waals surface area contributed by atoms with E-state index < -0.39 is 0 Å². The molecule has 0 saturated heterocycles. The summed E-state index contributed by atoms with van der Waals surface area (Å²) in [5.41, 5.74) is 0. The van der Waals surface area contributed by atoms with Crippen LogP contribution in [0.25, 0.3) is 0 Å². The van der Waals surface area contributed by atoms with E-state index in [1.165, 1.54) is 77.0 Å². The molecule has 0 bridgehead atoms. The first-order valence-corrected chi connectivity index (χ1v) is 7.51. The Balaban J connectivity index is 2.87. The van der Waals surface area contributed by atoms with Gasteiger partial charge in [0.15, 0.2) is 0 Å². The normalized spacial score (nSPS) is 10.6. The highest BCUT2D eigenvalue weighted by molar-refractivity contribution is 4.65. The van der Waals surface area contributed by atoms with Crippen LogP contribution in [0.4, 0.5) is 0 Å². The number of nitrogens with one attached hydrogen (secondary N) is 1. The molecule has 0 aromatic rings. The average molecular weight is 238 g/mol. The molecular weight excluding hydrogens is 206 g/mol. The lowest BCUT2D eigenvalue weighted by Crippen LogP contribution is -1.99. The molecular formula is C16H32N. The molecule has 0 rings (SSSR count). The molecule has 0 aromatic carbocycles. The van der Waals surface area contributed by atoms with Crippen LogP contribution < -0.4 is 5.32 Å². The number of hydrogen-bond donors (Lipinski definition) is 1. The van der Waals surface area contributed by atoms with Crippen LogP contribution in [0.2, 0.25) is 0 Å². The van der Waals surface area contributed by atoms with Gasteiger partial charge < -0.3 is 5.32 Å². The second kappa shape index (κ2) is 15.7. The minimum Gasteiger partial charge on any atom is -0.315 e. The van der Waals surface area contributed by atoms with E-state index in [9.17, 15) is 0 Å². The largest absolute Gasteiger partial charge is 0.315 e. The Kier molecular flexibility index (Phi) is 15.4. The quantitative estimate of drug-likeness (QED) is 0.322. The first-order valence-electron chi connectivity index (χ1n) is 7.51. The summed E-state index contributed by atoms with van der Waals surface area (Å²) < 4.78 is 0. The Morgan fingerprint density at radius 1 is 0.706 bits per heavy atom. The van der Waals surface area contributed by atoms with Gasteiger partial charge in [-0.2, -0.15) is 0 Å². The maximum absolute atomic E-state index is 3.75. The van der Waals surface area contributed by atoms with E-state index in [1.807, 2.05) is 13.1 Å². The number of hydrogen-bond acceptors (Lipinski definition) is 1. The van der Waals surface area contributed by atoms with Crippen LogP contribution in [0.15, 0.2) is 12.7 Å². The Morgan fingerprint density at radius 2 is 1.12 bits per heavy atom. The maximum atomic E-state index is 3.75. The van der Waals surface area contributed by atoms with Crippen molar-refractivity contribution in [1.82, 2.24) is 5.32 Å². The standard InChI is InChI=1S/C16H32N/c1-3-4-5-6-7-8-9-10-11-12-13-14-15-16-17-2/h3,16-17H,1,4-15H2,2H3. The zero-order chi connectivity index (χ0) is 12.6. The maximum Gasteiger partial charge on any atom is 0.0218 e. The minimum atomic E-state index is 1.20. The fourth-order valence-electron chi connectivity index (χ4n) is 2.09. The Hall–Kier alpha value is -0.300. The molecule has 0 aromatic heterocycles. The van der Waals surface area contributed by atoms with Crippen molar-refractivity contribution in [1.29, 1.82) is 0 Å². The summed E-state index contributed by atoms with van der Waals surface area (Å²) in [5.74, 6) is 0. The molecule has 0 saturated carbocycles. The van der Waals surface area contributed by atoms with E-state index in [0.717, 1.165) is 0 Å². The van der Waals surface area contributed by atoms with E-state index >= 15 is 0 Å². The average Bonchev–Trinajstić information content (AvgIpc) is 2.35. The number of unbranched alkanes of at least 4 members (excludes halogenated alkanes) is 11. The van der Waals surface area contributed by atoms with Crippen molar-refractivity contribution in [3.05, 3.63) is 19.2 Å². The molecule has 0 spiro atoms. The van der Waals surface area contributed by atoms with Crippen LogP contribution >= 0.6 is 0 Å². The Labute approximate surface area is 109 Å². The summed E-state index contributed by atoms with van der Waals surface area (Å²) in [5, 5.41) is 3.08. The highest BCUT2D eigenvalue weighted by Crippen LogP contribution is 2.12. The monoisotopic (exact) mass is 238 g/mol. The van der Waals surface area contributed by atoms with Crippen LogP contribution in [0.5, 0.6) is 0 Å². The van der Waals surface area contributed by atoms with Crippen LogP contribution in [0.1, 0.15) is 77.0 Å². The van der Waals surface area contributed by atoms with Gasteiger partial charge in [-0.1, -0.05) is 63.9 Å². The van der Waals surface area contributed by atoms with Gasteiger partial charge in [-0.15, -0.1) is 6.58 Å². The lowest BCUT2D eigenvalue weighted by Gasteiger charge is -2.02. The summed E-state index contributed by atoms with van der Waals surface area (Å²) in [6, 6.07) is 0. The lowest BCUT2D eigenvalue weighted by molar-refractivity contribution is 0.550. The molecule has 1 heteroatoms. The fourth-order valence-corrected chi connectivity index (χ4v) is 2.09. The Bertz CT molecular complexity index is 142. The van der Waals surface area contributed by atoms with E-state index in [0.29, 0.717) is 0 Å². The number of rotatable bonds is 14. The molecule has 1 radical (unpaired) electrons. The van der Waals surface area contributed by atoms with Gasteiger partial charge in [0.2, 0.25) is 0 Å². The summed E-state index contributed by atoms with van der Waals surface area (Å²) in [6.45, 7) is 5.90.